The number of aromatic nitrogens is 1. The zero-order valence-electron chi connectivity index (χ0n) is 13.5. The van der Waals surface area contributed by atoms with Crippen LogP contribution in [0.1, 0.15) is 11.1 Å². The number of halogens is 3. The van der Waals surface area contributed by atoms with Crippen molar-refractivity contribution in [2.75, 3.05) is 12.3 Å². The van der Waals surface area contributed by atoms with Crippen LogP contribution < -0.4 is 5.32 Å². The van der Waals surface area contributed by atoms with Crippen LogP contribution in [0.2, 0.25) is 0 Å². The van der Waals surface area contributed by atoms with E-state index >= 15 is 0 Å². The van der Waals surface area contributed by atoms with Crippen molar-refractivity contribution in [1.82, 2.24) is 10.3 Å². The maximum atomic E-state index is 12.5. The SMILES string of the molecule is O=C(CSc1nc2ccccc2o1)NCCc1ccc(C(F)(F)F)cc1. The van der Waals surface area contributed by atoms with E-state index in [0.717, 1.165) is 23.2 Å². The molecule has 0 unspecified atom stereocenters. The van der Waals surface area contributed by atoms with Crippen LogP contribution in [0.5, 0.6) is 0 Å². The van der Waals surface area contributed by atoms with Gasteiger partial charge >= 0.3 is 6.18 Å². The van der Waals surface area contributed by atoms with Crippen molar-refractivity contribution in [3.8, 4) is 0 Å². The number of carbonyl (C=O) groups is 1. The third-order valence-corrected chi connectivity index (χ3v) is 4.45. The summed E-state index contributed by atoms with van der Waals surface area (Å²) in [5.41, 5.74) is 1.44. The molecule has 0 atom stereocenters. The van der Waals surface area contributed by atoms with E-state index in [1.165, 1.54) is 23.9 Å². The number of nitrogens with one attached hydrogen (secondary N) is 1. The number of hydrogen-bond acceptors (Lipinski definition) is 4. The molecule has 0 saturated heterocycles. The number of amides is 1. The van der Waals surface area contributed by atoms with Gasteiger partial charge in [-0.05, 0) is 36.2 Å². The van der Waals surface area contributed by atoms with Crippen LogP contribution in [0.3, 0.4) is 0 Å². The number of thioether (sulfide) groups is 1. The minimum Gasteiger partial charge on any atom is -0.431 e. The Kier molecular flexibility index (Phi) is 5.51. The molecule has 3 rings (SSSR count). The number of alkyl halides is 3. The molecule has 0 aliphatic heterocycles. The molecule has 0 fully saturated rings. The van der Waals surface area contributed by atoms with Gasteiger partial charge in [-0.3, -0.25) is 4.79 Å². The van der Waals surface area contributed by atoms with Gasteiger partial charge in [0.25, 0.3) is 5.22 Å². The minimum atomic E-state index is -4.34. The lowest BCUT2D eigenvalue weighted by atomic mass is 10.1. The van der Waals surface area contributed by atoms with Crippen LogP contribution in [0.4, 0.5) is 13.2 Å². The molecule has 2 aromatic carbocycles. The standard InChI is InChI=1S/C18H15F3N2O2S/c19-18(20,21)13-7-5-12(6-8-13)9-10-22-16(24)11-26-17-23-14-3-1-2-4-15(14)25-17/h1-8H,9-11H2,(H,22,24). The molecule has 1 amide bonds. The molecule has 136 valence electrons. The minimum absolute atomic E-state index is 0.153. The van der Waals surface area contributed by atoms with Crippen molar-refractivity contribution in [1.29, 1.82) is 0 Å². The second-order valence-corrected chi connectivity index (χ2v) is 6.46. The largest absolute Gasteiger partial charge is 0.431 e. The molecule has 1 aromatic heterocycles. The van der Waals surface area contributed by atoms with Gasteiger partial charge < -0.3 is 9.73 Å². The van der Waals surface area contributed by atoms with Gasteiger partial charge in [0.15, 0.2) is 5.58 Å². The molecular formula is C18H15F3N2O2S. The molecule has 0 bridgehead atoms. The van der Waals surface area contributed by atoms with E-state index in [1.807, 2.05) is 18.2 Å². The lowest BCUT2D eigenvalue weighted by Crippen LogP contribution is -2.27. The second-order valence-electron chi connectivity index (χ2n) is 5.53. The fourth-order valence-electron chi connectivity index (χ4n) is 2.30. The third kappa shape index (κ3) is 4.78. The van der Waals surface area contributed by atoms with E-state index in [0.29, 0.717) is 23.8 Å². The van der Waals surface area contributed by atoms with Crippen LogP contribution in [0, 0.1) is 0 Å². The number of nitrogens with zero attached hydrogens (tertiary/aromatic N) is 1. The van der Waals surface area contributed by atoms with Crippen molar-refractivity contribution in [2.24, 2.45) is 0 Å². The highest BCUT2D eigenvalue weighted by molar-refractivity contribution is 7.99. The normalized spacial score (nSPS) is 11.7. The average molecular weight is 380 g/mol. The number of carbonyl (C=O) groups excluding carboxylic acids is 1. The summed E-state index contributed by atoms with van der Waals surface area (Å²) in [5.74, 6) is -0.0380. The topological polar surface area (TPSA) is 55.1 Å². The van der Waals surface area contributed by atoms with E-state index < -0.39 is 11.7 Å². The zero-order valence-corrected chi connectivity index (χ0v) is 14.4. The van der Waals surface area contributed by atoms with Crippen molar-refractivity contribution < 1.29 is 22.4 Å². The number of benzene rings is 2. The van der Waals surface area contributed by atoms with Crippen LogP contribution in [0.15, 0.2) is 58.2 Å². The van der Waals surface area contributed by atoms with Crippen molar-refractivity contribution in [3.63, 3.8) is 0 Å². The Balaban J connectivity index is 1.42. The van der Waals surface area contributed by atoms with Gasteiger partial charge in [0.2, 0.25) is 5.91 Å². The van der Waals surface area contributed by atoms with Crippen molar-refractivity contribution in [2.45, 2.75) is 17.8 Å². The molecule has 0 spiro atoms. The molecule has 1 heterocycles. The number of hydrogen-bond donors (Lipinski definition) is 1. The Labute approximate surface area is 151 Å². The molecule has 1 N–H and O–H groups in total. The van der Waals surface area contributed by atoms with E-state index in [2.05, 4.69) is 10.3 Å². The van der Waals surface area contributed by atoms with E-state index in [4.69, 9.17) is 4.42 Å². The molecule has 0 radical (unpaired) electrons. The highest BCUT2D eigenvalue weighted by Crippen LogP contribution is 2.29. The molecular weight excluding hydrogens is 365 g/mol. The van der Waals surface area contributed by atoms with Crippen LogP contribution >= 0.6 is 11.8 Å². The van der Waals surface area contributed by atoms with Gasteiger partial charge in [-0.2, -0.15) is 13.2 Å². The summed E-state index contributed by atoms with van der Waals surface area (Å²) >= 11 is 1.19. The molecule has 3 aromatic rings. The first-order chi connectivity index (χ1) is 12.4. The summed E-state index contributed by atoms with van der Waals surface area (Å²) in [6.07, 6.45) is -3.88. The maximum absolute atomic E-state index is 12.5. The first-order valence-corrected chi connectivity index (χ1v) is 8.81. The molecule has 26 heavy (non-hydrogen) atoms. The van der Waals surface area contributed by atoms with Gasteiger partial charge in [-0.15, -0.1) is 0 Å². The van der Waals surface area contributed by atoms with Crippen LogP contribution in [-0.4, -0.2) is 23.2 Å². The summed E-state index contributed by atoms with van der Waals surface area (Å²) in [4.78, 5) is 16.1. The quantitative estimate of drug-likeness (QED) is 0.648. The summed E-state index contributed by atoms with van der Waals surface area (Å²) in [7, 11) is 0. The maximum Gasteiger partial charge on any atom is 0.416 e. The van der Waals surface area contributed by atoms with Gasteiger partial charge in [0.05, 0.1) is 11.3 Å². The predicted octanol–water partition coefficient (Wildman–Crippen LogP) is 4.30. The Morgan fingerprint density at radius 1 is 1.12 bits per heavy atom. The predicted molar refractivity (Wildman–Crippen MR) is 92.9 cm³/mol. The highest BCUT2D eigenvalue weighted by Gasteiger charge is 2.29. The van der Waals surface area contributed by atoms with Gasteiger partial charge in [-0.25, -0.2) is 4.98 Å². The van der Waals surface area contributed by atoms with Gasteiger partial charge in [-0.1, -0.05) is 36.0 Å². The number of oxazole rings is 1. The lowest BCUT2D eigenvalue weighted by Gasteiger charge is -2.08. The molecule has 8 heteroatoms. The molecule has 0 aliphatic rings. The monoisotopic (exact) mass is 380 g/mol. The van der Waals surface area contributed by atoms with Gasteiger partial charge in [0.1, 0.15) is 5.52 Å². The van der Waals surface area contributed by atoms with Crippen LogP contribution in [-0.2, 0) is 17.4 Å². The first-order valence-electron chi connectivity index (χ1n) is 7.83. The second kappa shape index (κ2) is 7.82. The van der Waals surface area contributed by atoms with Crippen molar-refractivity contribution in [3.05, 3.63) is 59.7 Å². The number of fused-ring (bicyclic) bond motifs is 1. The van der Waals surface area contributed by atoms with Gasteiger partial charge in [0, 0.05) is 6.54 Å². The average Bonchev–Trinajstić information content (AvgIpc) is 3.03. The Hall–Kier alpha value is -2.48. The van der Waals surface area contributed by atoms with E-state index in [9.17, 15) is 18.0 Å². The fourth-order valence-corrected chi connectivity index (χ4v) is 2.97. The van der Waals surface area contributed by atoms with Crippen molar-refractivity contribution >= 4 is 28.8 Å². The highest BCUT2D eigenvalue weighted by atomic mass is 32.2. The summed E-state index contributed by atoms with van der Waals surface area (Å²) in [6, 6.07) is 12.2. The number of rotatable bonds is 6. The summed E-state index contributed by atoms with van der Waals surface area (Å²) < 4.78 is 43.0. The Morgan fingerprint density at radius 3 is 2.54 bits per heavy atom. The lowest BCUT2D eigenvalue weighted by molar-refractivity contribution is -0.137. The number of para-hydroxylation sites is 2. The summed E-state index contributed by atoms with van der Waals surface area (Å²) in [5, 5.41) is 3.15. The Morgan fingerprint density at radius 2 is 1.85 bits per heavy atom. The molecule has 4 nitrogen and oxygen atoms in total. The zero-order chi connectivity index (χ0) is 18.6. The molecule has 0 saturated carbocycles. The fraction of sp³-hybridized carbons (Fsp3) is 0.222. The smallest absolute Gasteiger partial charge is 0.416 e. The van der Waals surface area contributed by atoms with E-state index in [-0.39, 0.29) is 11.7 Å². The molecule has 0 aliphatic carbocycles. The van der Waals surface area contributed by atoms with E-state index in [1.54, 1.807) is 6.07 Å². The van der Waals surface area contributed by atoms with Crippen LogP contribution in [0.25, 0.3) is 11.1 Å². The third-order valence-electron chi connectivity index (χ3n) is 3.62. The summed E-state index contributed by atoms with van der Waals surface area (Å²) in [6.45, 7) is 0.346. The Bertz CT molecular complexity index is 858. The first kappa shape index (κ1) is 18.3.